The summed E-state index contributed by atoms with van der Waals surface area (Å²) in [5.74, 6) is -2.70. The minimum absolute atomic E-state index is 0.126. The molecule has 0 aliphatic carbocycles. The maximum Gasteiger partial charge on any atom is 0.326 e. The molecule has 9 nitrogen and oxygen atoms in total. The maximum absolute atomic E-state index is 13.8. The number of hydrogen-bond acceptors (Lipinski definition) is 8. The minimum Gasteiger partial charge on any atom is -0.493 e. The molecule has 2 heterocycles. The Kier molecular flexibility index (Phi) is 6.38. The van der Waals surface area contributed by atoms with Crippen molar-refractivity contribution in [1.29, 1.82) is 0 Å². The van der Waals surface area contributed by atoms with Gasteiger partial charge in [0, 0.05) is 11.6 Å². The third-order valence-corrected chi connectivity index (χ3v) is 6.76. The van der Waals surface area contributed by atoms with Gasteiger partial charge in [-0.2, -0.15) is 0 Å². The number of fused-ring (bicyclic) bond motifs is 1. The predicted octanol–water partition coefficient (Wildman–Crippen LogP) is 2.68. The van der Waals surface area contributed by atoms with E-state index in [1.807, 2.05) is 0 Å². The number of nitrogens with one attached hydrogen (secondary N) is 1. The van der Waals surface area contributed by atoms with Crippen LogP contribution in [-0.4, -0.2) is 49.9 Å². The Bertz CT molecular complexity index is 1210. The first kappa shape index (κ1) is 24.4. The first-order chi connectivity index (χ1) is 16.7. The Hall–Kier alpha value is -3.72. The van der Waals surface area contributed by atoms with Gasteiger partial charge in [-0.3, -0.25) is 24.5 Å². The zero-order valence-electron chi connectivity index (χ0n) is 20.3. The van der Waals surface area contributed by atoms with Gasteiger partial charge in [0.1, 0.15) is 5.54 Å². The molecule has 0 bridgehead atoms. The fourth-order valence-electron chi connectivity index (χ4n) is 5.06. The first-order valence-corrected chi connectivity index (χ1v) is 11.3. The Balaban J connectivity index is 1.83. The lowest BCUT2D eigenvalue weighted by atomic mass is 9.80. The monoisotopic (exact) mass is 480 g/mol. The molecule has 0 spiro atoms. The van der Waals surface area contributed by atoms with Crippen molar-refractivity contribution in [2.75, 3.05) is 25.7 Å². The Morgan fingerprint density at radius 1 is 1.03 bits per heavy atom. The van der Waals surface area contributed by atoms with Crippen LogP contribution in [-0.2, 0) is 19.1 Å². The molecule has 0 aromatic heterocycles. The molecule has 184 valence electrons. The summed E-state index contributed by atoms with van der Waals surface area (Å²) < 4.78 is 16.0. The number of amides is 2. The van der Waals surface area contributed by atoms with Gasteiger partial charge in [-0.05, 0) is 50.6 Å². The highest BCUT2D eigenvalue weighted by atomic mass is 16.5. The van der Waals surface area contributed by atoms with E-state index in [-0.39, 0.29) is 12.4 Å². The Morgan fingerprint density at radius 2 is 1.74 bits per heavy atom. The number of ketones is 1. The van der Waals surface area contributed by atoms with Gasteiger partial charge in [0.25, 0.3) is 0 Å². The third-order valence-electron chi connectivity index (χ3n) is 6.76. The molecular weight excluding hydrogens is 452 g/mol. The molecule has 4 atom stereocenters. The van der Waals surface area contributed by atoms with Crippen LogP contribution >= 0.6 is 0 Å². The van der Waals surface area contributed by atoms with Crippen molar-refractivity contribution >= 4 is 29.3 Å². The third kappa shape index (κ3) is 3.85. The molecule has 2 aromatic carbocycles. The van der Waals surface area contributed by atoms with Crippen molar-refractivity contribution in [1.82, 2.24) is 5.32 Å². The summed E-state index contributed by atoms with van der Waals surface area (Å²) in [7, 11) is 3.02. The van der Waals surface area contributed by atoms with Crippen LogP contribution in [0.2, 0.25) is 0 Å². The second-order valence-electron chi connectivity index (χ2n) is 8.78. The predicted molar refractivity (Wildman–Crippen MR) is 126 cm³/mol. The molecule has 2 saturated heterocycles. The molecule has 2 aromatic rings. The zero-order valence-corrected chi connectivity index (χ0v) is 20.3. The number of ether oxygens (including phenoxy) is 3. The number of imide groups is 1. The lowest BCUT2D eigenvalue weighted by Crippen LogP contribution is -2.54. The standard InChI is InChI=1S/C26H28N2O7/c1-6-35-25(32)26(3)21-20(22(27-26)16-10-11-18(33-4)19(13-16)34-5)23(30)28(24(21)31)17-9-7-8-15(12-17)14(2)29/h7-13,20-22,27H,6H2,1-5H3/t20-,21+,22-,26+/m0/s1. The number of methoxy groups -OCH3 is 2. The number of nitrogens with zero attached hydrogens (tertiary/aromatic N) is 1. The number of benzene rings is 2. The van der Waals surface area contributed by atoms with Crippen molar-refractivity contribution in [2.45, 2.75) is 32.4 Å². The van der Waals surface area contributed by atoms with Crippen LogP contribution < -0.4 is 19.7 Å². The van der Waals surface area contributed by atoms with Crippen molar-refractivity contribution in [3.63, 3.8) is 0 Å². The number of rotatable bonds is 7. The molecule has 2 amide bonds. The largest absolute Gasteiger partial charge is 0.493 e. The molecule has 0 radical (unpaired) electrons. The van der Waals surface area contributed by atoms with E-state index in [2.05, 4.69) is 5.32 Å². The first-order valence-electron chi connectivity index (χ1n) is 11.3. The second kappa shape index (κ2) is 9.14. The maximum atomic E-state index is 13.8. The number of Topliss-reactive ketones (excluding diaryl/α,β-unsaturated/α-hetero) is 1. The molecule has 4 rings (SSSR count). The summed E-state index contributed by atoms with van der Waals surface area (Å²) >= 11 is 0. The minimum atomic E-state index is -1.45. The molecule has 35 heavy (non-hydrogen) atoms. The highest BCUT2D eigenvalue weighted by molar-refractivity contribution is 6.24. The molecule has 2 fully saturated rings. The van der Waals surface area contributed by atoms with E-state index < -0.39 is 41.2 Å². The molecule has 2 aliphatic rings. The summed E-state index contributed by atoms with van der Waals surface area (Å²) in [5, 5.41) is 3.23. The fourth-order valence-corrected chi connectivity index (χ4v) is 5.06. The average molecular weight is 481 g/mol. The van der Waals surface area contributed by atoms with E-state index in [0.717, 1.165) is 4.90 Å². The summed E-state index contributed by atoms with van der Waals surface area (Å²) in [4.78, 5) is 53.6. The van der Waals surface area contributed by atoms with Crippen LogP contribution in [0.25, 0.3) is 0 Å². The van der Waals surface area contributed by atoms with Gasteiger partial charge in [0.2, 0.25) is 11.8 Å². The van der Waals surface area contributed by atoms with Crippen molar-refractivity contribution in [3.05, 3.63) is 53.6 Å². The van der Waals surface area contributed by atoms with Gasteiger partial charge in [-0.25, -0.2) is 4.90 Å². The normalized spacial score (nSPS) is 25.4. The number of hydrogen-bond donors (Lipinski definition) is 1. The molecule has 1 N–H and O–H groups in total. The number of carbonyl (C=O) groups is 4. The van der Waals surface area contributed by atoms with E-state index in [4.69, 9.17) is 14.2 Å². The van der Waals surface area contributed by atoms with Crippen molar-refractivity contribution in [2.24, 2.45) is 11.8 Å². The van der Waals surface area contributed by atoms with E-state index in [0.29, 0.717) is 28.3 Å². The molecule has 0 saturated carbocycles. The van der Waals surface area contributed by atoms with E-state index in [1.54, 1.807) is 50.2 Å². The molecule has 0 unspecified atom stereocenters. The lowest BCUT2D eigenvalue weighted by Gasteiger charge is -2.29. The van der Waals surface area contributed by atoms with Crippen LogP contribution in [0.1, 0.15) is 42.7 Å². The highest BCUT2D eigenvalue weighted by Gasteiger charge is 2.67. The zero-order chi connectivity index (χ0) is 25.5. The quantitative estimate of drug-likeness (QED) is 0.366. The lowest BCUT2D eigenvalue weighted by molar-refractivity contribution is -0.153. The SMILES string of the molecule is CCOC(=O)[C@]1(C)N[C@@H](c2ccc(OC)c(OC)c2)[C@H]2C(=O)N(c3cccc(C(C)=O)c3)C(=O)[C@@H]21. The fraction of sp³-hybridized carbons (Fsp3) is 0.385. The molecule has 2 aliphatic heterocycles. The summed E-state index contributed by atoms with van der Waals surface area (Å²) in [6, 6.07) is 10.9. The van der Waals surface area contributed by atoms with Gasteiger partial charge >= 0.3 is 5.97 Å². The van der Waals surface area contributed by atoms with Gasteiger partial charge in [-0.1, -0.05) is 18.2 Å². The van der Waals surface area contributed by atoms with E-state index in [1.165, 1.54) is 27.2 Å². The molecule has 9 heteroatoms. The van der Waals surface area contributed by atoms with Crippen molar-refractivity contribution < 1.29 is 33.4 Å². The van der Waals surface area contributed by atoms with Gasteiger partial charge < -0.3 is 14.2 Å². The Morgan fingerprint density at radius 3 is 2.37 bits per heavy atom. The number of esters is 1. The van der Waals surface area contributed by atoms with Gasteiger partial charge in [0.15, 0.2) is 17.3 Å². The Labute approximate surface area is 203 Å². The summed E-state index contributed by atoms with van der Waals surface area (Å²) in [5.41, 5.74) is -0.119. The summed E-state index contributed by atoms with van der Waals surface area (Å²) in [6.07, 6.45) is 0. The van der Waals surface area contributed by atoms with Crippen LogP contribution in [0.15, 0.2) is 42.5 Å². The average Bonchev–Trinajstić information content (AvgIpc) is 3.32. The second-order valence-corrected chi connectivity index (χ2v) is 8.78. The van der Waals surface area contributed by atoms with E-state index in [9.17, 15) is 19.2 Å². The molecular formula is C26H28N2O7. The number of anilines is 1. The van der Waals surface area contributed by atoms with Crippen LogP contribution in [0.5, 0.6) is 11.5 Å². The number of carbonyl (C=O) groups excluding carboxylic acids is 4. The van der Waals surface area contributed by atoms with Gasteiger partial charge in [-0.15, -0.1) is 0 Å². The van der Waals surface area contributed by atoms with E-state index >= 15 is 0 Å². The van der Waals surface area contributed by atoms with Gasteiger partial charge in [0.05, 0.1) is 38.3 Å². The van der Waals surface area contributed by atoms with Crippen LogP contribution in [0.3, 0.4) is 0 Å². The van der Waals surface area contributed by atoms with Crippen LogP contribution in [0, 0.1) is 11.8 Å². The summed E-state index contributed by atoms with van der Waals surface area (Å²) in [6.45, 7) is 4.81. The smallest absolute Gasteiger partial charge is 0.326 e. The topological polar surface area (TPSA) is 111 Å². The van der Waals surface area contributed by atoms with Crippen molar-refractivity contribution in [3.8, 4) is 11.5 Å². The highest BCUT2D eigenvalue weighted by Crippen LogP contribution is 2.50. The van der Waals surface area contributed by atoms with Crippen LogP contribution in [0.4, 0.5) is 5.69 Å².